The molecule has 0 spiro atoms. The first kappa shape index (κ1) is 39.6. The lowest BCUT2D eigenvalue weighted by Crippen LogP contribution is -2.48. The Morgan fingerprint density at radius 2 is 1.11 bits per heavy atom. The van der Waals surface area contributed by atoms with E-state index in [1.807, 2.05) is 14.1 Å². The van der Waals surface area contributed by atoms with Crippen molar-refractivity contribution in [2.45, 2.75) is 12.5 Å². The molecule has 18 nitrogen and oxygen atoms in total. The zero-order valence-corrected chi connectivity index (χ0v) is 31.8. The van der Waals surface area contributed by atoms with Crippen LogP contribution >= 0.6 is 34.8 Å². The number of fused-ring (bicyclic) bond motifs is 2. The van der Waals surface area contributed by atoms with E-state index >= 15 is 0 Å². The fraction of sp³-hybridized carbons (Fsp3) is 0.353. The van der Waals surface area contributed by atoms with Gasteiger partial charge in [-0.05, 0) is 50.0 Å². The number of piperazine rings is 2. The highest BCUT2D eigenvalue weighted by Crippen LogP contribution is 2.36. The number of carbonyl (C=O) groups is 4. The first-order valence-corrected chi connectivity index (χ1v) is 18.0. The molecule has 0 aromatic carbocycles. The molecule has 4 amide bonds. The van der Waals surface area contributed by atoms with Gasteiger partial charge in [0.05, 0.1) is 10.0 Å². The number of carbonyl (C=O) groups excluding carboxylic acids is 4. The number of nitrogens with zero attached hydrogens (tertiary/aromatic N) is 12. The lowest BCUT2D eigenvalue weighted by atomic mass is 10.3. The third-order valence-corrected chi connectivity index (χ3v) is 9.58. The minimum Gasteiger partial charge on any atom is -0.419 e. The van der Waals surface area contributed by atoms with Crippen LogP contribution in [0.15, 0.2) is 61.4 Å². The van der Waals surface area contributed by atoms with E-state index in [4.69, 9.17) is 39.5 Å². The lowest BCUT2D eigenvalue weighted by Gasteiger charge is -2.33. The molecule has 1 N–H and O–H groups in total. The molecule has 4 aromatic rings. The molecule has 2 atom stereocenters. The van der Waals surface area contributed by atoms with Crippen LogP contribution in [0.25, 0.3) is 0 Å². The zero-order chi connectivity index (χ0) is 39.2. The van der Waals surface area contributed by atoms with Crippen molar-refractivity contribution in [2.75, 3.05) is 76.3 Å². The summed E-state index contributed by atoms with van der Waals surface area (Å²) in [6.45, 7) is 6.02. The Bertz CT molecular complexity index is 2020. The number of pyridine rings is 2. The van der Waals surface area contributed by atoms with Crippen LogP contribution in [0.2, 0.25) is 10.0 Å². The van der Waals surface area contributed by atoms with Crippen LogP contribution < -0.4 is 9.80 Å². The van der Waals surface area contributed by atoms with Gasteiger partial charge in [0.1, 0.15) is 23.0 Å². The SMILES string of the molecule is CN1CCN(C(=O)Cl)CC1.CN1CCN(C(=O)O[C@@H]2c3nccnc3C(=O)N2c2ccc(Cl)cn2)CC1.O=C1c2nccnc2C(O)N1c1ccc(Cl)cn1. The molecule has 288 valence electrons. The zero-order valence-electron chi connectivity index (χ0n) is 29.6. The van der Waals surface area contributed by atoms with Gasteiger partial charge in [-0.25, -0.2) is 29.6 Å². The van der Waals surface area contributed by atoms with Gasteiger partial charge in [0, 0.05) is 89.5 Å². The molecule has 2 fully saturated rings. The number of ether oxygens (including phenoxy) is 1. The number of aliphatic hydroxyl groups is 1. The molecule has 8 rings (SSSR count). The summed E-state index contributed by atoms with van der Waals surface area (Å²) in [4.78, 5) is 82.5. The van der Waals surface area contributed by atoms with E-state index in [2.05, 4.69) is 39.7 Å². The van der Waals surface area contributed by atoms with Crippen LogP contribution in [0.5, 0.6) is 0 Å². The normalized spacial score (nSPS) is 19.5. The number of aromatic nitrogens is 6. The van der Waals surface area contributed by atoms with Gasteiger partial charge in [-0.3, -0.25) is 29.3 Å². The Morgan fingerprint density at radius 3 is 1.60 bits per heavy atom. The Kier molecular flexibility index (Phi) is 12.6. The summed E-state index contributed by atoms with van der Waals surface area (Å²) in [6.07, 6.45) is 5.84. The number of aliphatic hydroxyl groups excluding tert-OH is 1. The third kappa shape index (κ3) is 9.07. The predicted octanol–water partition coefficient (Wildman–Crippen LogP) is 3.34. The monoisotopic (exact) mass is 812 g/mol. The second kappa shape index (κ2) is 17.6. The molecule has 4 aliphatic heterocycles. The molecule has 21 heteroatoms. The maximum atomic E-state index is 12.8. The van der Waals surface area contributed by atoms with Crippen LogP contribution in [0.4, 0.5) is 21.2 Å². The van der Waals surface area contributed by atoms with Crippen LogP contribution in [-0.2, 0) is 4.74 Å². The van der Waals surface area contributed by atoms with Crippen molar-refractivity contribution in [3.8, 4) is 0 Å². The van der Waals surface area contributed by atoms with Crippen molar-refractivity contribution in [2.24, 2.45) is 0 Å². The average Bonchev–Trinajstić information content (AvgIpc) is 3.61. The number of hydrogen-bond acceptors (Lipinski definition) is 14. The second-order valence-corrected chi connectivity index (χ2v) is 13.7. The molecule has 0 saturated carbocycles. The maximum absolute atomic E-state index is 12.8. The summed E-state index contributed by atoms with van der Waals surface area (Å²) < 4.78 is 5.68. The van der Waals surface area contributed by atoms with Gasteiger partial charge < -0.3 is 29.4 Å². The van der Waals surface area contributed by atoms with Gasteiger partial charge in [0.25, 0.3) is 11.8 Å². The number of likely N-dealkylation sites (N-methyl/N-ethyl adjacent to an activating group) is 2. The van der Waals surface area contributed by atoms with Crippen molar-refractivity contribution in [1.29, 1.82) is 0 Å². The molecular weight excluding hydrogens is 779 g/mol. The highest BCUT2D eigenvalue weighted by Gasteiger charge is 2.44. The molecule has 2 saturated heterocycles. The Morgan fingerprint density at radius 1 is 0.655 bits per heavy atom. The minimum absolute atomic E-state index is 0.141. The molecule has 4 aliphatic rings. The van der Waals surface area contributed by atoms with E-state index in [1.54, 1.807) is 34.1 Å². The van der Waals surface area contributed by atoms with Gasteiger partial charge in [-0.15, -0.1) is 0 Å². The predicted molar refractivity (Wildman–Crippen MR) is 200 cm³/mol. The maximum Gasteiger partial charge on any atom is 0.412 e. The fourth-order valence-electron chi connectivity index (χ4n) is 5.81. The standard InChI is InChI=1S/C17H17ClN6O3.C11H7ClN4O2.C6H11ClN2O/c1-22-6-8-23(9-7-22)17(26)27-16-14-13(19-4-5-20-14)15(25)24(16)12-3-2-11(18)10-21-12;12-6-1-2-7(15-5-6)16-10(17)8-9(11(16)18)14-4-3-13-8;1-8-2-4-9(5-3-8)6(7)10/h2-5,10,16H,6-9H2,1H3;1-5,10,17H;2-5H2,1H3/t16-;;/m1../s1. The highest BCUT2D eigenvalue weighted by atomic mass is 35.5. The van der Waals surface area contributed by atoms with Gasteiger partial charge >= 0.3 is 11.5 Å². The highest BCUT2D eigenvalue weighted by molar-refractivity contribution is 6.62. The summed E-state index contributed by atoms with van der Waals surface area (Å²) >= 11 is 16.9. The minimum atomic E-state index is -1.17. The number of rotatable bonds is 3. The van der Waals surface area contributed by atoms with Crippen LogP contribution in [0, 0.1) is 0 Å². The van der Waals surface area contributed by atoms with E-state index < -0.39 is 30.4 Å². The van der Waals surface area contributed by atoms with E-state index in [9.17, 15) is 24.3 Å². The molecule has 0 bridgehead atoms. The van der Waals surface area contributed by atoms with E-state index in [0.29, 0.717) is 40.5 Å². The third-order valence-electron chi connectivity index (χ3n) is 8.90. The molecule has 8 heterocycles. The lowest BCUT2D eigenvalue weighted by molar-refractivity contribution is 0.0476. The average molecular weight is 814 g/mol. The number of halogens is 3. The van der Waals surface area contributed by atoms with E-state index in [0.717, 1.165) is 44.2 Å². The largest absolute Gasteiger partial charge is 0.419 e. The van der Waals surface area contributed by atoms with E-state index in [-0.39, 0.29) is 22.4 Å². The van der Waals surface area contributed by atoms with Crippen molar-refractivity contribution in [3.05, 3.63) is 94.3 Å². The number of anilines is 2. The molecule has 0 aliphatic carbocycles. The van der Waals surface area contributed by atoms with Crippen molar-refractivity contribution in [1.82, 2.24) is 49.5 Å². The topological polar surface area (TPSA) is 195 Å². The van der Waals surface area contributed by atoms with Crippen LogP contribution in [0.1, 0.15) is 44.8 Å². The van der Waals surface area contributed by atoms with Gasteiger partial charge in [-0.2, -0.15) is 0 Å². The second-order valence-electron chi connectivity index (χ2n) is 12.5. The summed E-state index contributed by atoms with van der Waals surface area (Å²) in [5.41, 5.74) is 0.813. The van der Waals surface area contributed by atoms with Crippen molar-refractivity contribution in [3.63, 3.8) is 0 Å². The van der Waals surface area contributed by atoms with E-state index in [1.165, 1.54) is 42.1 Å². The quantitative estimate of drug-likeness (QED) is 0.234. The summed E-state index contributed by atoms with van der Waals surface area (Å²) in [6, 6.07) is 6.34. The molecule has 0 radical (unpaired) electrons. The summed E-state index contributed by atoms with van der Waals surface area (Å²) in [7, 11) is 4.04. The molecule has 1 unspecified atom stereocenters. The van der Waals surface area contributed by atoms with Gasteiger partial charge in [0.15, 0.2) is 17.6 Å². The first-order valence-electron chi connectivity index (χ1n) is 16.9. The summed E-state index contributed by atoms with van der Waals surface area (Å²) in [5.74, 6) is -0.249. The van der Waals surface area contributed by atoms with Crippen molar-refractivity contribution >= 4 is 69.7 Å². The molecule has 4 aromatic heterocycles. The Hall–Kier alpha value is -5.11. The van der Waals surface area contributed by atoms with Crippen LogP contribution in [-0.4, -0.2) is 144 Å². The number of amides is 4. The Balaban J connectivity index is 0.000000157. The Labute approximate surface area is 330 Å². The van der Waals surface area contributed by atoms with Crippen LogP contribution in [0.3, 0.4) is 0 Å². The fourth-order valence-corrected chi connectivity index (χ4v) is 6.20. The van der Waals surface area contributed by atoms with Crippen molar-refractivity contribution < 1.29 is 29.0 Å². The van der Waals surface area contributed by atoms with Gasteiger partial charge in [0.2, 0.25) is 6.23 Å². The number of hydrogen-bond donors (Lipinski definition) is 1. The summed E-state index contributed by atoms with van der Waals surface area (Å²) in [5, 5.41) is 10.6. The molecule has 55 heavy (non-hydrogen) atoms. The smallest absolute Gasteiger partial charge is 0.412 e. The van der Waals surface area contributed by atoms with Gasteiger partial charge in [-0.1, -0.05) is 23.2 Å². The first-order chi connectivity index (χ1) is 26.4. The molecular formula is C34H35Cl3N12O6.